The number of nitriles is 1. The molecule has 0 aromatic heterocycles. The smallest absolute Gasteiger partial charge is 0.344 e. The van der Waals surface area contributed by atoms with Crippen LogP contribution in [0.25, 0.3) is 0 Å². The molecule has 0 aliphatic rings. The van der Waals surface area contributed by atoms with Gasteiger partial charge in [-0.15, -0.1) is 0 Å². The summed E-state index contributed by atoms with van der Waals surface area (Å²) in [6.07, 6.45) is 2.22. The molecular formula is C25H30N2O5. The average Bonchev–Trinajstić information content (AvgIpc) is 2.78. The number of carboxylic acids is 1. The second-order valence-corrected chi connectivity index (χ2v) is 7.57. The van der Waals surface area contributed by atoms with Crippen LogP contribution in [-0.2, 0) is 32.7 Å². The molecule has 2 N–H and O–H groups in total. The first kappa shape index (κ1) is 24.7. The lowest BCUT2D eigenvalue weighted by molar-refractivity contribution is -0.145. The maximum atomic E-state index is 12.5. The third-order valence-electron chi connectivity index (χ3n) is 5.17. The summed E-state index contributed by atoms with van der Waals surface area (Å²) in [5.41, 5.74) is 1.72. The van der Waals surface area contributed by atoms with Crippen LogP contribution in [0.5, 0.6) is 5.75 Å². The van der Waals surface area contributed by atoms with Crippen LogP contribution in [0, 0.1) is 11.3 Å². The fraction of sp³-hybridized carbons (Fsp3) is 0.400. The summed E-state index contributed by atoms with van der Waals surface area (Å²) in [6.45, 7) is 7.23. The Morgan fingerprint density at radius 1 is 1.16 bits per heavy atom. The average molecular weight is 439 g/mol. The number of aryl methyl sites for hydroxylation is 2. The van der Waals surface area contributed by atoms with Gasteiger partial charge in [-0.2, -0.15) is 5.26 Å². The second kappa shape index (κ2) is 11.2. The van der Waals surface area contributed by atoms with Crippen molar-refractivity contribution in [3.63, 3.8) is 0 Å². The molecule has 0 radical (unpaired) electrons. The summed E-state index contributed by atoms with van der Waals surface area (Å²) < 4.78 is 10.9. The Balaban J connectivity index is 2.61. The molecule has 0 bridgehead atoms. The van der Waals surface area contributed by atoms with Gasteiger partial charge < -0.3 is 19.9 Å². The predicted molar refractivity (Wildman–Crippen MR) is 122 cm³/mol. The summed E-state index contributed by atoms with van der Waals surface area (Å²) in [7, 11) is 0. The first-order valence-corrected chi connectivity index (χ1v) is 10.7. The lowest BCUT2D eigenvalue weighted by atomic mass is 9.86. The minimum Gasteiger partial charge on any atom is -0.481 e. The molecule has 0 saturated carbocycles. The Labute approximate surface area is 189 Å². The normalized spacial score (nSPS) is 12.3. The molecule has 0 fully saturated rings. The third-order valence-corrected chi connectivity index (χ3v) is 5.17. The number of hydrogen-bond acceptors (Lipinski definition) is 6. The fourth-order valence-electron chi connectivity index (χ4n) is 3.44. The first-order valence-electron chi connectivity index (χ1n) is 10.7. The maximum Gasteiger partial charge on any atom is 0.344 e. The highest BCUT2D eigenvalue weighted by molar-refractivity contribution is 5.86. The number of hydrogen-bond donors (Lipinski definition) is 2. The van der Waals surface area contributed by atoms with Crippen LogP contribution in [0.2, 0.25) is 0 Å². The monoisotopic (exact) mass is 438 g/mol. The Kier molecular flexibility index (Phi) is 8.65. The van der Waals surface area contributed by atoms with Crippen molar-refractivity contribution in [3.8, 4) is 11.8 Å². The zero-order valence-corrected chi connectivity index (χ0v) is 19.0. The van der Waals surface area contributed by atoms with Crippen LogP contribution in [0.4, 0.5) is 5.69 Å². The van der Waals surface area contributed by atoms with Crippen molar-refractivity contribution in [1.82, 2.24) is 0 Å². The van der Waals surface area contributed by atoms with Gasteiger partial charge in [0, 0.05) is 11.3 Å². The number of aliphatic carboxylic acids is 1. The number of anilines is 1. The van der Waals surface area contributed by atoms with Crippen LogP contribution in [0.3, 0.4) is 0 Å². The molecule has 0 amide bonds. The number of nitrogens with one attached hydrogen (secondary N) is 1. The molecule has 2 aromatic rings. The van der Waals surface area contributed by atoms with Gasteiger partial charge in [-0.1, -0.05) is 26.3 Å². The second-order valence-electron chi connectivity index (χ2n) is 7.57. The van der Waals surface area contributed by atoms with E-state index in [0.29, 0.717) is 35.4 Å². The van der Waals surface area contributed by atoms with Crippen molar-refractivity contribution in [1.29, 1.82) is 5.26 Å². The number of carbonyl (C=O) groups is 2. The molecular weight excluding hydrogens is 408 g/mol. The summed E-state index contributed by atoms with van der Waals surface area (Å²) in [5.74, 6) is -1.24. The van der Waals surface area contributed by atoms with E-state index < -0.39 is 17.5 Å². The van der Waals surface area contributed by atoms with Crippen LogP contribution in [0.1, 0.15) is 56.4 Å². The van der Waals surface area contributed by atoms with Crippen LogP contribution < -0.4 is 10.1 Å². The molecule has 0 saturated heterocycles. The van der Waals surface area contributed by atoms with E-state index in [9.17, 15) is 14.7 Å². The van der Waals surface area contributed by atoms with E-state index in [-0.39, 0.29) is 13.2 Å². The molecule has 2 aromatic carbocycles. The van der Waals surface area contributed by atoms with Gasteiger partial charge in [-0.05, 0) is 68.1 Å². The number of esters is 1. The van der Waals surface area contributed by atoms with E-state index in [1.165, 1.54) is 0 Å². The maximum absolute atomic E-state index is 12.5. The van der Waals surface area contributed by atoms with Gasteiger partial charge in [-0.25, -0.2) is 9.59 Å². The van der Waals surface area contributed by atoms with Gasteiger partial charge >= 0.3 is 11.9 Å². The van der Waals surface area contributed by atoms with Crippen molar-refractivity contribution >= 4 is 17.6 Å². The van der Waals surface area contributed by atoms with Crippen molar-refractivity contribution < 1.29 is 24.2 Å². The Bertz CT molecular complexity index is 995. The van der Waals surface area contributed by atoms with Gasteiger partial charge in [-0.3, -0.25) is 0 Å². The zero-order valence-electron chi connectivity index (χ0n) is 19.0. The number of carboxylic acid groups (broad SMARTS) is 1. The number of nitrogens with zero attached hydrogens (tertiary/aromatic N) is 1. The summed E-state index contributed by atoms with van der Waals surface area (Å²) in [6, 6.07) is 12.4. The zero-order chi connectivity index (χ0) is 23.7. The molecule has 2 rings (SSSR count). The Morgan fingerprint density at radius 3 is 2.38 bits per heavy atom. The van der Waals surface area contributed by atoms with Crippen LogP contribution >= 0.6 is 0 Å². The van der Waals surface area contributed by atoms with E-state index in [4.69, 9.17) is 14.7 Å². The highest BCUT2D eigenvalue weighted by Crippen LogP contribution is 2.38. The van der Waals surface area contributed by atoms with Crippen molar-refractivity contribution in [2.75, 3.05) is 18.5 Å². The van der Waals surface area contributed by atoms with Crippen molar-refractivity contribution in [3.05, 3.63) is 58.7 Å². The van der Waals surface area contributed by atoms with Crippen molar-refractivity contribution in [2.24, 2.45) is 0 Å². The molecule has 0 aliphatic carbocycles. The molecule has 7 heteroatoms. The largest absolute Gasteiger partial charge is 0.481 e. The van der Waals surface area contributed by atoms with E-state index >= 15 is 0 Å². The molecule has 0 heterocycles. The quantitative estimate of drug-likeness (QED) is 0.500. The molecule has 0 aliphatic heterocycles. The molecule has 32 heavy (non-hydrogen) atoms. The van der Waals surface area contributed by atoms with Crippen LogP contribution in [-0.4, -0.2) is 30.3 Å². The van der Waals surface area contributed by atoms with Crippen LogP contribution in [0.15, 0.2) is 36.4 Å². The highest BCUT2D eigenvalue weighted by Gasteiger charge is 2.39. The Morgan fingerprint density at radius 2 is 1.84 bits per heavy atom. The van der Waals surface area contributed by atoms with Gasteiger partial charge in [0.05, 0.1) is 18.2 Å². The number of carbonyl (C=O) groups excluding carboxylic acids is 1. The minimum absolute atomic E-state index is 0.235. The topological polar surface area (TPSA) is 109 Å². The van der Waals surface area contributed by atoms with E-state index in [1.807, 2.05) is 32.0 Å². The fourth-order valence-corrected chi connectivity index (χ4v) is 3.44. The van der Waals surface area contributed by atoms with E-state index in [2.05, 4.69) is 5.32 Å². The van der Waals surface area contributed by atoms with E-state index in [0.717, 1.165) is 17.5 Å². The summed E-state index contributed by atoms with van der Waals surface area (Å²) >= 11 is 0. The number of rotatable bonds is 11. The van der Waals surface area contributed by atoms with Gasteiger partial charge in [0.2, 0.25) is 0 Å². The third kappa shape index (κ3) is 5.79. The number of benzene rings is 2. The van der Waals surface area contributed by atoms with Crippen molar-refractivity contribution in [2.45, 2.75) is 52.5 Å². The predicted octanol–water partition coefficient (Wildman–Crippen LogP) is 4.43. The molecule has 1 unspecified atom stereocenters. The first-order chi connectivity index (χ1) is 15.3. The van der Waals surface area contributed by atoms with Gasteiger partial charge in [0.15, 0.2) is 12.1 Å². The molecule has 0 spiro atoms. The highest BCUT2D eigenvalue weighted by atomic mass is 16.6. The standard InChI is InChI=1S/C25H30N2O5/c1-5-8-19-13-17(6-2)14-21(23(19)32-16-22(28)31-7-3)25(4,24(29)30)27-20-11-9-18(15-26)10-12-20/h9-14,27H,5-8,16H2,1-4H3,(H,29,30). The molecule has 170 valence electrons. The lowest BCUT2D eigenvalue weighted by Gasteiger charge is -2.31. The summed E-state index contributed by atoms with van der Waals surface area (Å²) in [4.78, 5) is 24.5. The van der Waals surface area contributed by atoms with Gasteiger partial charge in [0.1, 0.15) is 5.75 Å². The summed E-state index contributed by atoms with van der Waals surface area (Å²) in [5, 5.41) is 22.4. The Hall–Kier alpha value is -3.53. The lowest BCUT2D eigenvalue weighted by Crippen LogP contribution is -2.41. The SMILES string of the molecule is CCCc1cc(CC)cc(C(C)(Nc2ccc(C#N)cc2)C(=O)O)c1OCC(=O)OCC. The minimum atomic E-state index is -1.55. The molecule has 7 nitrogen and oxygen atoms in total. The van der Waals surface area contributed by atoms with Gasteiger partial charge in [0.25, 0.3) is 0 Å². The van der Waals surface area contributed by atoms with E-state index in [1.54, 1.807) is 38.1 Å². The molecule has 1 atom stereocenters. The number of ether oxygens (including phenoxy) is 2.